The standard InChI is InChI=1S/C15H23N5O2/c1-16-12-7-13(19-10-18-12)20-6-2-5-15(22,9-20)8-17-14(21)11-3-4-11/h7,10-11,22H,2-6,8-9H2,1H3,(H,17,21)(H,16,18,19). The largest absolute Gasteiger partial charge is 0.386 e. The molecule has 3 N–H and O–H groups in total. The van der Waals surface area contributed by atoms with Gasteiger partial charge in [-0.3, -0.25) is 4.79 Å². The third-order valence-corrected chi connectivity index (χ3v) is 4.33. The lowest BCUT2D eigenvalue weighted by Crippen LogP contribution is -2.54. The fraction of sp³-hybridized carbons (Fsp3) is 0.667. The van der Waals surface area contributed by atoms with Crippen molar-refractivity contribution in [3.63, 3.8) is 0 Å². The van der Waals surface area contributed by atoms with Crippen molar-refractivity contribution in [2.24, 2.45) is 5.92 Å². The number of piperidine rings is 1. The minimum atomic E-state index is -0.895. The number of amides is 1. The van der Waals surface area contributed by atoms with E-state index >= 15 is 0 Å². The van der Waals surface area contributed by atoms with Gasteiger partial charge in [0.15, 0.2) is 0 Å². The Balaban J connectivity index is 1.63. The molecule has 1 saturated carbocycles. The molecule has 1 aromatic heterocycles. The number of carbonyl (C=O) groups excluding carboxylic acids is 1. The van der Waals surface area contributed by atoms with Gasteiger partial charge >= 0.3 is 0 Å². The second-order valence-corrected chi connectivity index (χ2v) is 6.25. The van der Waals surface area contributed by atoms with E-state index < -0.39 is 5.60 Å². The number of rotatable bonds is 5. The van der Waals surface area contributed by atoms with Gasteiger partial charge in [-0.1, -0.05) is 0 Å². The second-order valence-electron chi connectivity index (χ2n) is 6.25. The van der Waals surface area contributed by atoms with Gasteiger partial charge in [0, 0.05) is 38.7 Å². The summed E-state index contributed by atoms with van der Waals surface area (Å²) in [5, 5.41) is 16.6. The highest BCUT2D eigenvalue weighted by molar-refractivity contribution is 5.80. The van der Waals surface area contributed by atoms with E-state index in [4.69, 9.17) is 0 Å². The van der Waals surface area contributed by atoms with Crippen LogP contribution in [0.25, 0.3) is 0 Å². The average molecular weight is 305 g/mol. The Hall–Kier alpha value is -1.89. The molecule has 1 unspecified atom stereocenters. The highest BCUT2D eigenvalue weighted by Crippen LogP contribution is 2.29. The zero-order chi connectivity index (χ0) is 15.6. The molecule has 1 aromatic rings. The van der Waals surface area contributed by atoms with Crippen molar-refractivity contribution in [1.82, 2.24) is 15.3 Å². The number of hydrogen-bond donors (Lipinski definition) is 3. The van der Waals surface area contributed by atoms with E-state index in [1.54, 1.807) is 0 Å². The van der Waals surface area contributed by atoms with Crippen LogP contribution in [-0.2, 0) is 4.79 Å². The van der Waals surface area contributed by atoms with Crippen LogP contribution in [0.3, 0.4) is 0 Å². The molecule has 120 valence electrons. The van der Waals surface area contributed by atoms with Gasteiger partial charge in [0.25, 0.3) is 0 Å². The van der Waals surface area contributed by atoms with Crippen molar-refractivity contribution in [3.05, 3.63) is 12.4 Å². The van der Waals surface area contributed by atoms with Crippen molar-refractivity contribution >= 4 is 17.5 Å². The molecule has 0 bridgehead atoms. The topological polar surface area (TPSA) is 90.4 Å². The fourth-order valence-electron chi connectivity index (χ4n) is 2.85. The smallest absolute Gasteiger partial charge is 0.223 e. The zero-order valence-electron chi connectivity index (χ0n) is 12.9. The average Bonchev–Trinajstić information content (AvgIpc) is 3.38. The van der Waals surface area contributed by atoms with Crippen LogP contribution in [0.2, 0.25) is 0 Å². The number of nitrogens with zero attached hydrogens (tertiary/aromatic N) is 3. The number of carbonyl (C=O) groups is 1. The summed E-state index contributed by atoms with van der Waals surface area (Å²) in [4.78, 5) is 22.2. The second kappa shape index (κ2) is 6.08. The van der Waals surface area contributed by atoms with Gasteiger partial charge in [-0.2, -0.15) is 0 Å². The van der Waals surface area contributed by atoms with Gasteiger partial charge in [-0.25, -0.2) is 9.97 Å². The Morgan fingerprint density at radius 1 is 1.50 bits per heavy atom. The molecule has 1 saturated heterocycles. The minimum Gasteiger partial charge on any atom is -0.386 e. The third kappa shape index (κ3) is 3.47. The first-order chi connectivity index (χ1) is 10.6. The molecule has 2 aliphatic rings. The first-order valence-electron chi connectivity index (χ1n) is 7.84. The lowest BCUT2D eigenvalue weighted by atomic mass is 9.92. The summed E-state index contributed by atoms with van der Waals surface area (Å²) in [6.07, 6.45) is 5.03. The van der Waals surface area contributed by atoms with E-state index in [2.05, 4.69) is 25.5 Å². The Bertz CT molecular complexity index is 548. The third-order valence-electron chi connectivity index (χ3n) is 4.33. The maximum atomic E-state index is 11.8. The first-order valence-corrected chi connectivity index (χ1v) is 7.84. The van der Waals surface area contributed by atoms with Crippen LogP contribution in [0.4, 0.5) is 11.6 Å². The van der Waals surface area contributed by atoms with E-state index in [0.29, 0.717) is 19.5 Å². The Morgan fingerprint density at radius 2 is 2.32 bits per heavy atom. The van der Waals surface area contributed by atoms with E-state index in [1.807, 2.05) is 13.1 Å². The van der Waals surface area contributed by atoms with E-state index in [0.717, 1.165) is 37.4 Å². The van der Waals surface area contributed by atoms with Gasteiger partial charge in [-0.05, 0) is 25.7 Å². The quantitative estimate of drug-likeness (QED) is 0.728. The van der Waals surface area contributed by atoms with Crippen LogP contribution in [0.15, 0.2) is 12.4 Å². The summed E-state index contributed by atoms with van der Waals surface area (Å²) in [6.45, 7) is 1.62. The molecular weight excluding hydrogens is 282 g/mol. The first kappa shape index (κ1) is 15.0. The number of aliphatic hydroxyl groups is 1. The summed E-state index contributed by atoms with van der Waals surface area (Å²) in [6, 6.07) is 1.87. The summed E-state index contributed by atoms with van der Waals surface area (Å²) < 4.78 is 0. The van der Waals surface area contributed by atoms with Crippen molar-refractivity contribution < 1.29 is 9.90 Å². The monoisotopic (exact) mass is 305 g/mol. The molecule has 2 fully saturated rings. The molecule has 0 aromatic carbocycles. The Morgan fingerprint density at radius 3 is 3.05 bits per heavy atom. The molecule has 7 nitrogen and oxygen atoms in total. The molecule has 7 heteroatoms. The lowest BCUT2D eigenvalue weighted by molar-refractivity contribution is -0.123. The number of β-amino-alcohol motifs (C(OH)–C–C–N with tert-alkyl or cyclic N) is 1. The van der Waals surface area contributed by atoms with Gasteiger partial charge in [0.1, 0.15) is 18.0 Å². The lowest BCUT2D eigenvalue weighted by Gasteiger charge is -2.39. The van der Waals surface area contributed by atoms with Gasteiger partial charge in [0.2, 0.25) is 5.91 Å². The normalized spacial score (nSPS) is 24.9. The SMILES string of the molecule is CNc1cc(N2CCCC(O)(CNC(=O)C3CC3)C2)ncn1. The summed E-state index contributed by atoms with van der Waals surface area (Å²) in [5.41, 5.74) is -0.895. The fourth-order valence-corrected chi connectivity index (χ4v) is 2.85. The Kier molecular flexibility index (Phi) is 4.15. The molecule has 2 heterocycles. The van der Waals surface area contributed by atoms with Gasteiger partial charge < -0.3 is 20.6 Å². The predicted molar refractivity (Wildman–Crippen MR) is 83.7 cm³/mol. The van der Waals surface area contributed by atoms with Crippen molar-refractivity contribution in [2.75, 3.05) is 36.9 Å². The summed E-state index contributed by atoms with van der Waals surface area (Å²) in [7, 11) is 1.81. The zero-order valence-corrected chi connectivity index (χ0v) is 12.9. The number of anilines is 2. The molecule has 1 amide bonds. The van der Waals surface area contributed by atoms with Crippen molar-refractivity contribution in [2.45, 2.75) is 31.3 Å². The highest BCUT2D eigenvalue weighted by Gasteiger charge is 2.36. The van der Waals surface area contributed by atoms with Gasteiger partial charge in [-0.15, -0.1) is 0 Å². The molecule has 1 aliphatic heterocycles. The number of hydrogen-bond acceptors (Lipinski definition) is 6. The highest BCUT2D eigenvalue weighted by atomic mass is 16.3. The maximum absolute atomic E-state index is 11.8. The van der Waals surface area contributed by atoms with Crippen molar-refractivity contribution in [1.29, 1.82) is 0 Å². The van der Waals surface area contributed by atoms with E-state index in [9.17, 15) is 9.90 Å². The van der Waals surface area contributed by atoms with Crippen LogP contribution < -0.4 is 15.5 Å². The molecular formula is C15H23N5O2. The molecule has 1 atom stereocenters. The molecule has 0 radical (unpaired) electrons. The van der Waals surface area contributed by atoms with E-state index in [1.165, 1.54) is 6.33 Å². The minimum absolute atomic E-state index is 0.0741. The van der Waals surface area contributed by atoms with Crippen LogP contribution >= 0.6 is 0 Å². The van der Waals surface area contributed by atoms with Crippen LogP contribution in [0.1, 0.15) is 25.7 Å². The molecule has 22 heavy (non-hydrogen) atoms. The van der Waals surface area contributed by atoms with Crippen LogP contribution in [0, 0.1) is 5.92 Å². The summed E-state index contributed by atoms with van der Waals surface area (Å²) in [5.74, 6) is 1.79. The Labute approximate surface area is 130 Å². The predicted octanol–water partition coefficient (Wildman–Crippen LogP) is 0.376. The van der Waals surface area contributed by atoms with Gasteiger partial charge in [0.05, 0.1) is 5.60 Å². The maximum Gasteiger partial charge on any atom is 0.223 e. The van der Waals surface area contributed by atoms with Crippen molar-refractivity contribution in [3.8, 4) is 0 Å². The number of nitrogens with one attached hydrogen (secondary N) is 2. The molecule has 3 rings (SSSR count). The van der Waals surface area contributed by atoms with E-state index in [-0.39, 0.29) is 11.8 Å². The molecule has 1 aliphatic carbocycles. The number of aromatic nitrogens is 2. The summed E-state index contributed by atoms with van der Waals surface area (Å²) >= 11 is 0. The van der Waals surface area contributed by atoms with Crippen LogP contribution in [0.5, 0.6) is 0 Å². The van der Waals surface area contributed by atoms with Crippen LogP contribution in [-0.4, -0.2) is 53.3 Å². The molecule has 0 spiro atoms.